The number of amides is 1. The maximum atomic E-state index is 12.0. The Morgan fingerprint density at radius 3 is 3.06 bits per heavy atom. The Hall–Kier alpha value is -1.39. The third-order valence-electron chi connectivity index (χ3n) is 3.23. The van der Waals surface area contributed by atoms with Crippen LogP contribution in [0.3, 0.4) is 0 Å². The number of anilines is 1. The molecule has 2 N–H and O–H groups in total. The zero-order valence-electron chi connectivity index (χ0n) is 10.7. The lowest BCUT2D eigenvalue weighted by atomic mass is 10.1. The topological polar surface area (TPSA) is 50.4 Å². The van der Waals surface area contributed by atoms with Crippen LogP contribution in [0, 0.1) is 0 Å². The number of carbonyl (C=O) groups is 1. The van der Waals surface area contributed by atoms with Gasteiger partial charge < -0.3 is 15.4 Å². The SMILES string of the molecule is COCCc1ccccc1NC(=O)[C@@H]1CCCN1. The summed E-state index contributed by atoms with van der Waals surface area (Å²) in [4.78, 5) is 12.0. The van der Waals surface area contributed by atoms with Crippen LogP contribution >= 0.6 is 0 Å². The monoisotopic (exact) mass is 248 g/mol. The Morgan fingerprint density at radius 1 is 1.50 bits per heavy atom. The highest BCUT2D eigenvalue weighted by atomic mass is 16.5. The molecule has 1 atom stereocenters. The molecule has 1 amide bonds. The van der Waals surface area contributed by atoms with Gasteiger partial charge in [-0.1, -0.05) is 18.2 Å². The Labute approximate surface area is 108 Å². The average Bonchev–Trinajstić information content (AvgIpc) is 2.91. The van der Waals surface area contributed by atoms with Crippen LogP contribution in [0.5, 0.6) is 0 Å². The Bertz CT molecular complexity index is 401. The van der Waals surface area contributed by atoms with Gasteiger partial charge in [-0.25, -0.2) is 0 Å². The molecule has 1 aromatic rings. The van der Waals surface area contributed by atoms with E-state index in [-0.39, 0.29) is 11.9 Å². The maximum Gasteiger partial charge on any atom is 0.241 e. The minimum absolute atomic E-state index is 0.0412. The molecule has 2 rings (SSSR count). The summed E-state index contributed by atoms with van der Waals surface area (Å²) < 4.78 is 5.08. The summed E-state index contributed by atoms with van der Waals surface area (Å²) in [5, 5.41) is 6.21. The summed E-state index contributed by atoms with van der Waals surface area (Å²) in [6.45, 7) is 1.60. The van der Waals surface area contributed by atoms with Gasteiger partial charge in [0, 0.05) is 12.8 Å². The van der Waals surface area contributed by atoms with Crippen molar-refractivity contribution in [1.29, 1.82) is 0 Å². The minimum atomic E-state index is -0.0412. The molecule has 0 aromatic heterocycles. The van der Waals surface area contributed by atoms with E-state index in [1.165, 1.54) is 0 Å². The molecule has 1 saturated heterocycles. The fraction of sp³-hybridized carbons (Fsp3) is 0.500. The van der Waals surface area contributed by atoms with Crippen LogP contribution in [0.15, 0.2) is 24.3 Å². The summed E-state index contributed by atoms with van der Waals surface area (Å²) in [5.74, 6) is 0.0670. The number of rotatable bonds is 5. The highest BCUT2D eigenvalue weighted by Gasteiger charge is 2.22. The smallest absolute Gasteiger partial charge is 0.241 e. The number of benzene rings is 1. The fourth-order valence-electron chi connectivity index (χ4n) is 2.20. The Morgan fingerprint density at radius 2 is 2.33 bits per heavy atom. The minimum Gasteiger partial charge on any atom is -0.384 e. The van der Waals surface area contributed by atoms with Crippen molar-refractivity contribution in [3.63, 3.8) is 0 Å². The number of hydrogen-bond donors (Lipinski definition) is 2. The molecule has 0 bridgehead atoms. The van der Waals surface area contributed by atoms with Crippen molar-refractivity contribution in [3.05, 3.63) is 29.8 Å². The molecule has 1 aliphatic rings. The molecule has 18 heavy (non-hydrogen) atoms. The van der Waals surface area contributed by atoms with E-state index in [4.69, 9.17) is 4.74 Å². The molecule has 1 fully saturated rings. The largest absolute Gasteiger partial charge is 0.384 e. The molecule has 0 saturated carbocycles. The molecular formula is C14H20N2O2. The van der Waals surface area contributed by atoms with Crippen LogP contribution in [-0.2, 0) is 16.0 Å². The predicted molar refractivity (Wildman–Crippen MR) is 71.7 cm³/mol. The van der Waals surface area contributed by atoms with Gasteiger partial charge in [-0.2, -0.15) is 0 Å². The van der Waals surface area contributed by atoms with Crippen molar-refractivity contribution in [1.82, 2.24) is 5.32 Å². The number of nitrogens with one attached hydrogen (secondary N) is 2. The first kappa shape index (κ1) is 13.1. The first-order chi connectivity index (χ1) is 8.81. The van der Waals surface area contributed by atoms with Crippen LogP contribution < -0.4 is 10.6 Å². The van der Waals surface area contributed by atoms with Crippen molar-refractivity contribution >= 4 is 11.6 Å². The van der Waals surface area contributed by atoms with Crippen LogP contribution in [0.1, 0.15) is 18.4 Å². The molecule has 4 heteroatoms. The van der Waals surface area contributed by atoms with Crippen molar-refractivity contribution in [2.75, 3.05) is 25.6 Å². The Kier molecular flexibility index (Phi) is 4.73. The van der Waals surface area contributed by atoms with Crippen molar-refractivity contribution in [2.45, 2.75) is 25.3 Å². The lowest BCUT2D eigenvalue weighted by molar-refractivity contribution is -0.117. The number of ether oxygens (including phenoxy) is 1. The van der Waals surface area contributed by atoms with Gasteiger partial charge in [-0.15, -0.1) is 0 Å². The molecule has 4 nitrogen and oxygen atoms in total. The third-order valence-corrected chi connectivity index (χ3v) is 3.23. The van der Waals surface area contributed by atoms with Crippen LogP contribution in [0.4, 0.5) is 5.69 Å². The van der Waals surface area contributed by atoms with E-state index in [1.54, 1.807) is 7.11 Å². The molecule has 0 aliphatic carbocycles. The lowest BCUT2D eigenvalue weighted by Gasteiger charge is -2.14. The quantitative estimate of drug-likeness (QED) is 0.831. The van der Waals surface area contributed by atoms with E-state index in [0.717, 1.165) is 37.1 Å². The third kappa shape index (κ3) is 3.31. The summed E-state index contributed by atoms with van der Waals surface area (Å²) >= 11 is 0. The zero-order valence-corrected chi connectivity index (χ0v) is 10.7. The fourth-order valence-corrected chi connectivity index (χ4v) is 2.20. The molecule has 1 aromatic carbocycles. The molecule has 0 radical (unpaired) electrons. The van der Waals surface area contributed by atoms with Crippen LogP contribution in [0.2, 0.25) is 0 Å². The van der Waals surface area contributed by atoms with Gasteiger partial charge >= 0.3 is 0 Å². The van der Waals surface area contributed by atoms with Crippen molar-refractivity contribution in [3.8, 4) is 0 Å². The molecular weight excluding hydrogens is 228 g/mol. The summed E-state index contributed by atoms with van der Waals surface area (Å²) in [5.41, 5.74) is 2.01. The summed E-state index contributed by atoms with van der Waals surface area (Å²) in [7, 11) is 1.68. The highest BCUT2D eigenvalue weighted by molar-refractivity contribution is 5.95. The van der Waals surface area contributed by atoms with Crippen LogP contribution in [0.25, 0.3) is 0 Å². The van der Waals surface area contributed by atoms with Gasteiger partial charge in [0.05, 0.1) is 12.6 Å². The first-order valence-corrected chi connectivity index (χ1v) is 6.42. The average molecular weight is 248 g/mol. The standard InChI is InChI=1S/C14H20N2O2/c1-18-10-8-11-5-2-3-6-12(11)16-14(17)13-7-4-9-15-13/h2-3,5-6,13,15H,4,7-10H2,1H3,(H,16,17)/t13-/m0/s1. The summed E-state index contributed by atoms with van der Waals surface area (Å²) in [6.07, 6.45) is 2.81. The Balaban J connectivity index is 2.00. The zero-order chi connectivity index (χ0) is 12.8. The lowest BCUT2D eigenvalue weighted by Crippen LogP contribution is -2.35. The number of para-hydroxylation sites is 1. The second kappa shape index (κ2) is 6.52. The second-order valence-corrected chi connectivity index (χ2v) is 4.54. The molecule has 1 aliphatic heterocycles. The molecule has 0 unspecified atom stereocenters. The van der Waals surface area contributed by atoms with E-state index < -0.39 is 0 Å². The van der Waals surface area contributed by atoms with Gasteiger partial charge in [0.2, 0.25) is 5.91 Å². The predicted octanol–water partition coefficient (Wildman–Crippen LogP) is 1.57. The van der Waals surface area contributed by atoms with E-state index >= 15 is 0 Å². The van der Waals surface area contributed by atoms with Gasteiger partial charge in [0.25, 0.3) is 0 Å². The van der Waals surface area contributed by atoms with Gasteiger partial charge in [-0.3, -0.25) is 4.79 Å². The number of carbonyl (C=O) groups excluding carboxylic acids is 1. The second-order valence-electron chi connectivity index (χ2n) is 4.54. The molecule has 1 heterocycles. The maximum absolute atomic E-state index is 12.0. The van der Waals surface area contributed by atoms with E-state index in [2.05, 4.69) is 10.6 Å². The van der Waals surface area contributed by atoms with Gasteiger partial charge in [-0.05, 0) is 37.4 Å². The van der Waals surface area contributed by atoms with E-state index in [1.807, 2.05) is 24.3 Å². The molecule has 98 valence electrons. The molecule has 0 spiro atoms. The first-order valence-electron chi connectivity index (χ1n) is 6.42. The van der Waals surface area contributed by atoms with Gasteiger partial charge in [0.1, 0.15) is 0 Å². The van der Waals surface area contributed by atoms with E-state index in [0.29, 0.717) is 6.61 Å². The summed E-state index contributed by atoms with van der Waals surface area (Å²) in [6, 6.07) is 7.84. The number of methoxy groups -OCH3 is 1. The number of hydrogen-bond acceptors (Lipinski definition) is 3. The van der Waals surface area contributed by atoms with Crippen molar-refractivity contribution in [2.24, 2.45) is 0 Å². The van der Waals surface area contributed by atoms with Crippen LogP contribution in [-0.4, -0.2) is 32.2 Å². The van der Waals surface area contributed by atoms with Gasteiger partial charge in [0.15, 0.2) is 0 Å². The van der Waals surface area contributed by atoms with Crippen molar-refractivity contribution < 1.29 is 9.53 Å². The van der Waals surface area contributed by atoms with E-state index in [9.17, 15) is 4.79 Å². The normalized spacial score (nSPS) is 18.8. The highest BCUT2D eigenvalue weighted by Crippen LogP contribution is 2.17.